The monoisotopic (exact) mass is 1390 g/mol. The first kappa shape index (κ1) is 70.3. The first-order valence-corrected chi connectivity index (χ1v) is 35.8. The molecular weight excluding hydrogens is 1310 g/mol. The number of aliphatic hydroxyl groups excluding tert-OH is 2. The van der Waals surface area contributed by atoms with Gasteiger partial charge in [-0.25, -0.2) is 18.7 Å². The molecule has 12 atom stereocenters. The molecule has 4 aliphatic heterocycles. The van der Waals surface area contributed by atoms with Crippen molar-refractivity contribution in [2.75, 3.05) is 23.8 Å². The van der Waals surface area contributed by atoms with Gasteiger partial charge in [-0.1, -0.05) is 104 Å². The third-order valence-corrected chi connectivity index (χ3v) is 24.8. The van der Waals surface area contributed by atoms with Crippen LogP contribution in [0.5, 0.6) is 0 Å². The maximum Gasteiger partial charge on any atom is 0.294 e. The van der Waals surface area contributed by atoms with E-state index in [1.54, 1.807) is 68.4 Å². The maximum absolute atomic E-state index is 16.0. The molecule has 4 spiro atoms. The minimum absolute atomic E-state index is 0.000288. The summed E-state index contributed by atoms with van der Waals surface area (Å²) in [6.45, 7) is 13.2. The lowest BCUT2D eigenvalue weighted by Crippen LogP contribution is -2.52. The number of Topliss-reactive ketones (excluding diaryl/α,β-unsaturated/α-hetero) is 2. The minimum atomic E-state index is -4.00. The number of hydrogen-bond acceptors (Lipinski definition) is 12. The zero-order valence-electron chi connectivity index (χ0n) is 53.8. The fourth-order valence-electron chi connectivity index (χ4n) is 18.0. The Bertz CT molecular complexity index is 3590. The van der Waals surface area contributed by atoms with Gasteiger partial charge in [-0.3, -0.25) is 23.7 Å². The van der Waals surface area contributed by atoms with E-state index in [1.807, 2.05) is 12.1 Å². The number of fused-ring (bicyclic) bond motifs is 6. The SMILES string of the molecule is CC(O)[C@@H]1CC[C@@H](CC(=O)[C@@H]2CC3(CCC(C)(C)CC3)[C@@]3(C(=O)Nc4cc(Cl)ccc43)[C@H]2c2ccnc(Cl)c2F)CO1.CC(O)[C@@H]1CC[C@@H](CC(=O)[C@@H]2CC3(CCC(C)(C)CC3)[C@@]3(C(=O)Nc4cc(Cl)ccc43)[C@H]2c2ccnc(Cl)c2F)CO1.O=S(=O)(O)c1ccccc1. The molecule has 5 aromatic rings. The molecule has 2 unspecified atom stereocenters. The van der Waals surface area contributed by atoms with Crippen molar-refractivity contribution in [3.05, 3.63) is 145 Å². The van der Waals surface area contributed by atoms with Crippen molar-refractivity contribution in [2.24, 2.45) is 45.3 Å². The number of ether oxygens (including phenoxy) is 2. The summed E-state index contributed by atoms with van der Waals surface area (Å²) in [5.41, 5.74) is 0.101. The van der Waals surface area contributed by atoms with Crippen LogP contribution in [0.2, 0.25) is 20.4 Å². The van der Waals surface area contributed by atoms with Gasteiger partial charge in [-0.2, -0.15) is 8.42 Å². The van der Waals surface area contributed by atoms with Gasteiger partial charge in [0.25, 0.3) is 10.1 Å². The minimum Gasteiger partial charge on any atom is -0.391 e. The number of rotatable bonds is 11. The lowest BCUT2D eigenvalue weighted by molar-refractivity contribution is -0.129. The molecule has 94 heavy (non-hydrogen) atoms. The molecule has 0 radical (unpaired) electrons. The Balaban J connectivity index is 0.000000167. The highest BCUT2D eigenvalue weighted by Crippen LogP contribution is 2.74. The van der Waals surface area contributed by atoms with Crippen molar-refractivity contribution in [3.8, 4) is 0 Å². The number of carbonyl (C=O) groups is 4. The number of anilines is 2. The average molecular weight is 1390 g/mol. The van der Waals surface area contributed by atoms with E-state index in [1.165, 1.54) is 24.5 Å². The number of nitrogens with zero attached hydrogens (tertiary/aromatic N) is 2. The van der Waals surface area contributed by atoms with Crippen LogP contribution in [0.1, 0.15) is 178 Å². The summed E-state index contributed by atoms with van der Waals surface area (Å²) in [6, 6.07) is 21.5. The number of ketones is 2. The van der Waals surface area contributed by atoms with Gasteiger partial charge in [-0.05, 0) is 208 Å². The summed E-state index contributed by atoms with van der Waals surface area (Å²) in [6.07, 6.45) is 12.4. The maximum atomic E-state index is 16.0. The van der Waals surface area contributed by atoms with Crippen LogP contribution in [0, 0.1) is 57.0 Å². The summed E-state index contributed by atoms with van der Waals surface area (Å²) in [4.78, 5) is 65.9. The second kappa shape index (κ2) is 27.0. The lowest BCUT2D eigenvalue weighted by atomic mass is 9.51. The van der Waals surface area contributed by atoms with Crippen molar-refractivity contribution in [1.29, 1.82) is 0 Å². The fraction of sp³-hybridized carbons (Fsp3) is 0.556. The standard InChI is InChI=1S/2C33H39Cl2FN2O4.C6H6O3S/c2*1-18(39)26-7-4-19(17-42-26)14-25(40)22-16-32(11-9-31(2,3)10-12-32)33(27(22)21-8-13-37-29(35)28(21)36)23-6-5-20(34)15-24(23)38-30(33)41;7-10(8,9)6-4-2-1-3-5-6/h2*5-6,8,13,15,18-19,22,26-27,39H,4,7,9-12,14,16-17H2,1-3H3,(H,38,41);1-5H,(H,7,8,9)/t2*18?,19-,22-,26-,27-,33+;/m00./s1. The van der Waals surface area contributed by atoms with Crippen LogP contribution in [0.4, 0.5) is 20.2 Å². The van der Waals surface area contributed by atoms with Gasteiger partial charge in [0, 0.05) is 70.3 Å². The van der Waals surface area contributed by atoms with Crippen LogP contribution >= 0.6 is 46.4 Å². The van der Waals surface area contributed by atoms with Gasteiger partial charge in [0.05, 0.1) is 53.4 Å². The smallest absolute Gasteiger partial charge is 0.294 e. The second-order valence-corrected chi connectivity index (χ2v) is 32.6. The van der Waals surface area contributed by atoms with Gasteiger partial charge in [0.2, 0.25) is 11.8 Å². The van der Waals surface area contributed by atoms with Crippen molar-refractivity contribution in [2.45, 2.75) is 196 Å². The van der Waals surface area contributed by atoms with Crippen molar-refractivity contribution in [3.63, 3.8) is 0 Å². The number of halogens is 6. The van der Waals surface area contributed by atoms with E-state index in [-0.39, 0.29) is 97.4 Å². The first-order valence-electron chi connectivity index (χ1n) is 32.9. The molecule has 8 aliphatic rings. The molecule has 6 fully saturated rings. The van der Waals surface area contributed by atoms with E-state index in [0.717, 1.165) is 75.3 Å². The van der Waals surface area contributed by atoms with Gasteiger partial charge in [-0.15, -0.1) is 0 Å². The molecule has 3 aromatic carbocycles. The molecule has 2 amide bonds. The van der Waals surface area contributed by atoms with Crippen LogP contribution in [0.3, 0.4) is 0 Å². The highest BCUT2D eigenvalue weighted by molar-refractivity contribution is 7.85. The zero-order chi connectivity index (χ0) is 67.7. The van der Waals surface area contributed by atoms with E-state index >= 15 is 8.78 Å². The topological polar surface area (TPSA) is 231 Å². The molecule has 2 saturated heterocycles. The Hall–Kier alpha value is -4.99. The molecule has 2 aromatic heterocycles. The van der Waals surface area contributed by atoms with Crippen molar-refractivity contribution < 1.29 is 60.6 Å². The third kappa shape index (κ3) is 12.9. The largest absolute Gasteiger partial charge is 0.391 e. The summed E-state index contributed by atoms with van der Waals surface area (Å²) in [5, 5.41) is 26.6. The summed E-state index contributed by atoms with van der Waals surface area (Å²) in [7, 11) is -4.00. The fourth-order valence-corrected chi connectivity index (χ4v) is 19.2. The number of amides is 2. The van der Waals surface area contributed by atoms with Crippen molar-refractivity contribution in [1.82, 2.24) is 9.97 Å². The molecule has 5 N–H and O–H groups in total. The number of carbonyl (C=O) groups excluding carboxylic acids is 4. The van der Waals surface area contributed by atoms with E-state index < -0.39 is 79.3 Å². The van der Waals surface area contributed by atoms with E-state index in [0.29, 0.717) is 60.3 Å². The second-order valence-electron chi connectivity index (χ2n) is 29.6. The molecule has 15 nitrogen and oxygen atoms in total. The van der Waals surface area contributed by atoms with E-state index in [4.69, 9.17) is 60.4 Å². The Morgan fingerprint density at radius 1 is 0.596 bits per heavy atom. The predicted molar refractivity (Wildman–Crippen MR) is 357 cm³/mol. The van der Waals surface area contributed by atoms with Crippen LogP contribution < -0.4 is 10.6 Å². The van der Waals surface area contributed by atoms with Gasteiger partial charge in [0.15, 0.2) is 21.9 Å². The molecule has 4 aliphatic carbocycles. The molecular formula is C72H84Cl4F2N4O11S. The summed E-state index contributed by atoms with van der Waals surface area (Å²) in [5.74, 6) is -4.42. The summed E-state index contributed by atoms with van der Waals surface area (Å²) < 4.78 is 73.1. The van der Waals surface area contributed by atoms with Crippen LogP contribution in [-0.2, 0) is 49.6 Å². The molecule has 4 saturated carbocycles. The highest BCUT2D eigenvalue weighted by atomic mass is 35.5. The first-order chi connectivity index (χ1) is 44.4. The number of aromatic nitrogens is 2. The van der Waals surface area contributed by atoms with Gasteiger partial charge in [0.1, 0.15) is 11.6 Å². The molecule has 13 rings (SSSR count). The molecule has 0 bridgehead atoms. The van der Waals surface area contributed by atoms with Gasteiger partial charge < -0.3 is 30.3 Å². The van der Waals surface area contributed by atoms with Crippen LogP contribution in [0.25, 0.3) is 0 Å². The number of benzene rings is 3. The molecule has 22 heteroatoms. The average Bonchev–Trinajstić information content (AvgIpc) is 1.51. The quantitative estimate of drug-likeness (QED) is 0.0613. The van der Waals surface area contributed by atoms with E-state index in [2.05, 4.69) is 48.3 Å². The zero-order valence-corrected chi connectivity index (χ0v) is 57.7. The van der Waals surface area contributed by atoms with Crippen LogP contribution in [-0.4, -0.2) is 94.2 Å². The van der Waals surface area contributed by atoms with E-state index in [9.17, 15) is 37.8 Å². The van der Waals surface area contributed by atoms with Crippen molar-refractivity contribution >= 4 is 91.3 Å². The Morgan fingerprint density at radius 3 is 1.31 bits per heavy atom. The molecule has 506 valence electrons. The number of hydrogen-bond donors (Lipinski definition) is 5. The normalized spacial score (nSPS) is 29.9. The number of pyridine rings is 2. The Morgan fingerprint density at radius 2 is 0.979 bits per heavy atom. The number of aliphatic hydroxyl groups is 2. The predicted octanol–water partition coefficient (Wildman–Crippen LogP) is 15.4. The Labute approximate surface area is 569 Å². The Kier molecular flexibility index (Phi) is 20.2. The van der Waals surface area contributed by atoms with Crippen LogP contribution in [0.15, 0.2) is 96.2 Å². The molecule has 6 heterocycles. The number of nitrogens with one attached hydrogen (secondary N) is 2. The summed E-state index contributed by atoms with van der Waals surface area (Å²) >= 11 is 25.3. The lowest BCUT2D eigenvalue weighted by Gasteiger charge is -2.51. The van der Waals surface area contributed by atoms with Gasteiger partial charge >= 0.3 is 0 Å². The third-order valence-electron chi connectivity index (χ3n) is 22.9. The highest BCUT2D eigenvalue weighted by Gasteiger charge is 2.74.